The minimum atomic E-state index is -1.08. The second-order valence-electron chi connectivity index (χ2n) is 5.41. The van der Waals surface area contributed by atoms with Crippen molar-refractivity contribution in [2.45, 2.75) is 26.1 Å². The smallest absolute Gasteiger partial charge is 0.347 e. The molecule has 0 radical (unpaired) electrons. The third-order valence-corrected chi connectivity index (χ3v) is 3.86. The van der Waals surface area contributed by atoms with Crippen LogP contribution >= 0.6 is 23.2 Å². The first-order valence-corrected chi connectivity index (χ1v) is 8.40. The number of hydrogen-bond donors (Lipinski definition) is 1. The Morgan fingerprint density at radius 3 is 2.31 bits per heavy atom. The third kappa shape index (κ3) is 5.61. The molecule has 0 aliphatic rings. The fraction of sp³-hybridized carbons (Fsp3) is 0.222. The molecular weight excluding hydrogens is 384 g/mol. The van der Waals surface area contributed by atoms with Crippen molar-refractivity contribution in [1.82, 2.24) is 0 Å². The highest BCUT2D eigenvalue weighted by Gasteiger charge is 2.23. The molecule has 0 aliphatic carbocycles. The van der Waals surface area contributed by atoms with E-state index >= 15 is 0 Å². The maximum atomic E-state index is 12.9. The van der Waals surface area contributed by atoms with Crippen LogP contribution in [0.5, 0.6) is 5.75 Å². The second kappa shape index (κ2) is 8.87. The molecular formula is C18H16Cl2FNO4. The largest absolute Gasteiger partial charge is 0.479 e. The Balaban J connectivity index is 1.90. The van der Waals surface area contributed by atoms with E-state index in [1.807, 2.05) is 0 Å². The average Bonchev–Trinajstić information content (AvgIpc) is 2.59. The Bertz CT molecular complexity index is 798. The van der Waals surface area contributed by atoms with Gasteiger partial charge in [-0.15, -0.1) is 0 Å². The topological polar surface area (TPSA) is 64.6 Å². The molecule has 138 valence electrons. The van der Waals surface area contributed by atoms with Crippen LogP contribution in [0.4, 0.5) is 10.1 Å². The van der Waals surface area contributed by atoms with Gasteiger partial charge in [0.25, 0.3) is 5.91 Å². The molecule has 0 aliphatic heterocycles. The summed E-state index contributed by atoms with van der Waals surface area (Å²) in [5.74, 6) is -1.41. The summed E-state index contributed by atoms with van der Waals surface area (Å²) in [5, 5.41) is 3.24. The van der Waals surface area contributed by atoms with Crippen LogP contribution in [0.25, 0.3) is 0 Å². The van der Waals surface area contributed by atoms with Gasteiger partial charge in [-0.2, -0.15) is 0 Å². The number of ether oxygens (including phenoxy) is 2. The third-order valence-electron chi connectivity index (χ3n) is 3.31. The summed E-state index contributed by atoms with van der Waals surface area (Å²) in [4.78, 5) is 24.2. The molecule has 0 heterocycles. The first kappa shape index (κ1) is 20.0. The predicted octanol–water partition coefficient (Wildman–Crippen LogP) is 4.47. The van der Waals surface area contributed by atoms with Gasteiger partial charge in [0.05, 0.1) is 10.7 Å². The molecule has 0 aromatic heterocycles. The molecule has 0 bridgehead atoms. The van der Waals surface area contributed by atoms with Gasteiger partial charge in [0.15, 0.2) is 12.2 Å². The number of benzene rings is 2. The second-order valence-corrected chi connectivity index (χ2v) is 6.25. The van der Waals surface area contributed by atoms with Gasteiger partial charge in [-0.25, -0.2) is 9.18 Å². The Hall–Kier alpha value is -2.31. The average molecular weight is 400 g/mol. The molecule has 2 aromatic rings. The van der Waals surface area contributed by atoms with Gasteiger partial charge in [-0.05, 0) is 56.3 Å². The number of esters is 1. The standard InChI is InChI=1S/C18H16Cl2FNO4/c1-10(17(23)22-16-8-3-12(19)9-15(16)20)26-18(24)11(2)25-14-6-4-13(21)5-7-14/h3-11H,1-2H3,(H,22,23)/t10-,11-/m1/s1. The fourth-order valence-electron chi connectivity index (χ4n) is 1.91. The predicted molar refractivity (Wildman–Crippen MR) is 97.1 cm³/mol. The summed E-state index contributed by atoms with van der Waals surface area (Å²) >= 11 is 11.8. The number of anilines is 1. The molecule has 5 nitrogen and oxygen atoms in total. The monoisotopic (exact) mass is 399 g/mol. The van der Waals surface area contributed by atoms with Crippen LogP contribution in [0, 0.1) is 5.82 Å². The highest BCUT2D eigenvalue weighted by Crippen LogP contribution is 2.25. The molecule has 0 unspecified atom stereocenters. The normalized spacial score (nSPS) is 12.8. The minimum Gasteiger partial charge on any atom is -0.479 e. The molecule has 0 fully saturated rings. The Kier molecular flexibility index (Phi) is 6.83. The maximum absolute atomic E-state index is 12.9. The van der Waals surface area contributed by atoms with Gasteiger partial charge in [0, 0.05) is 5.02 Å². The summed E-state index contributed by atoms with van der Waals surface area (Å²) in [6.45, 7) is 2.88. The maximum Gasteiger partial charge on any atom is 0.347 e. The molecule has 1 amide bonds. The van der Waals surface area contributed by atoms with E-state index in [0.717, 1.165) is 0 Å². The molecule has 1 N–H and O–H groups in total. The van der Waals surface area contributed by atoms with E-state index in [2.05, 4.69) is 5.32 Å². The van der Waals surface area contributed by atoms with Crippen LogP contribution in [0.3, 0.4) is 0 Å². The highest BCUT2D eigenvalue weighted by atomic mass is 35.5. The van der Waals surface area contributed by atoms with Crippen LogP contribution in [0.15, 0.2) is 42.5 Å². The fourth-order valence-corrected chi connectivity index (χ4v) is 2.37. The van der Waals surface area contributed by atoms with Crippen molar-refractivity contribution < 1.29 is 23.5 Å². The van der Waals surface area contributed by atoms with E-state index < -0.39 is 29.9 Å². The summed E-state index contributed by atoms with van der Waals surface area (Å²) in [7, 11) is 0. The Labute approximate surface area is 160 Å². The zero-order chi connectivity index (χ0) is 19.3. The molecule has 2 atom stereocenters. The van der Waals surface area contributed by atoms with Crippen molar-refractivity contribution >= 4 is 40.8 Å². The van der Waals surface area contributed by atoms with Gasteiger partial charge in [-0.3, -0.25) is 4.79 Å². The lowest BCUT2D eigenvalue weighted by atomic mass is 10.3. The van der Waals surface area contributed by atoms with E-state index in [9.17, 15) is 14.0 Å². The van der Waals surface area contributed by atoms with Crippen molar-refractivity contribution in [2.24, 2.45) is 0 Å². The van der Waals surface area contributed by atoms with Gasteiger partial charge in [0.1, 0.15) is 11.6 Å². The molecule has 26 heavy (non-hydrogen) atoms. The number of nitrogens with one attached hydrogen (secondary N) is 1. The summed E-state index contributed by atoms with van der Waals surface area (Å²) < 4.78 is 23.3. The van der Waals surface area contributed by atoms with Gasteiger partial charge < -0.3 is 14.8 Å². The number of hydrogen-bond acceptors (Lipinski definition) is 4. The zero-order valence-corrected chi connectivity index (χ0v) is 15.5. The van der Waals surface area contributed by atoms with Gasteiger partial charge >= 0.3 is 5.97 Å². The lowest BCUT2D eigenvalue weighted by Gasteiger charge is -2.18. The molecule has 0 saturated heterocycles. The van der Waals surface area contributed by atoms with Crippen LogP contribution in [-0.2, 0) is 14.3 Å². The molecule has 0 spiro atoms. The highest BCUT2D eigenvalue weighted by molar-refractivity contribution is 6.36. The van der Waals surface area contributed by atoms with Crippen LogP contribution < -0.4 is 10.1 Å². The van der Waals surface area contributed by atoms with Crippen LogP contribution in [0.2, 0.25) is 10.0 Å². The van der Waals surface area contributed by atoms with Crippen molar-refractivity contribution in [2.75, 3.05) is 5.32 Å². The summed E-state index contributed by atoms with van der Waals surface area (Å²) in [6, 6.07) is 9.78. The SMILES string of the molecule is C[C@@H](OC(=O)[C@@H](C)Oc1ccc(F)cc1)C(=O)Nc1ccc(Cl)cc1Cl. The minimum absolute atomic E-state index is 0.261. The summed E-state index contributed by atoms with van der Waals surface area (Å²) in [6.07, 6.45) is -2.05. The number of rotatable bonds is 6. The Morgan fingerprint density at radius 2 is 1.69 bits per heavy atom. The molecule has 2 rings (SSSR count). The zero-order valence-electron chi connectivity index (χ0n) is 14.0. The van der Waals surface area contributed by atoms with Crippen molar-refractivity contribution in [3.05, 3.63) is 58.3 Å². The van der Waals surface area contributed by atoms with Crippen molar-refractivity contribution in [3.63, 3.8) is 0 Å². The lowest BCUT2D eigenvalue weighted by molar-refractivity contribution is -0.159. The molecule has 8 heteroatoms. The number of carbonyl (C=O) groups excluding carboxylic acids is 2. The van der Waals surface area contributed by atoms with Crippen LogP contribution in [0.1, 0.15) is 13.8 Å². The number of halogens is 3. The van der Waals surface area contributed by atoms with Crippen LogP contribution in [-0.4, -0.2) is 24.1 Å². The summed E-state index contributed by atoms with van der Waals surface area (Å²) in [5.41, 5.74) is 0.347. The van der Waals surface area contributed by atoms with E-state index in [1.165, 1.54) is 50.2 Å². The van der Waals surface area contributed by atoms with E-state index in [-0.39, 0.29) is 5.02 Å². The first-order chi connectivity index (χ1) is 12.3. The van der Waals surface area contributed by atoms with Crippen molar-refractivity contribution in [1.29, 1.82) is 0 Å². The Morgan fingerprint density at radius 1 is 1.04 bits per heavy atom. The number of carbonyl (C=O) groups is 2. The molecule has 0 saturated carbocycles. The quantitative estimate of drug-likeness (QED) is 0.727. The first-order valence-electron chi connectivity index (χ1n) is 7.65. The number of amides is 1. The van der Waals surface area contributed by atoms with Gasteiger partial charge in [-0.1, -0.05) is 23.2 Å². The lowest BCUT2D eigenvalue weighted by Crippen LogP contribution is -2.35. The van der Waals surface area contributed by atoms with Crippen molar-refractivity contribution in [3.8, 4) is 5.75 Å². The van der Waals surface area contributed by atoms with Gasteiger partial charge in [0.2, 0.25) is 0 Å². The molecule has 2 aromatic carbocycles. The van der Waals surface area contributed by atoms with E-state index in [0.29, 0.717) is 16.5 Å². The van der Waals surface area contributed by atoms with E-state index in [1.54, 1.807) is 6.07 Å². The van der Waals surface area contributed by atoms with E-state index in [4.69, 9.17) is 32.7 Å².